The summed E-state index contributed by atoms with van der Waals surface area (Å²) in [5.41, 5.74) is 4.91. The number of thioether (sulfide) groups is 1. The Balaban J connectivity index is 1.41. The lowest BCUT2D eigenvalue weighted by atomic mass is 10.1. The lowest BCUT2D eigenvalue weighted by Gasteiger charge is -2.24. The maximum Gasteiger partial charge on any atom is 0.255 e. The Hall–Kier alpha value is -3.05. The van der Waals surface area contributed by atoms with E-state index < -0.39 is 0 Å². The topological polar surface area (TPSA) is 49.4 Å². The molecule has 1 fully saturated rings. The molecule has 31 heavy (non-hydrogen) atoms. The quantitative estimate of drug-likeness (QED) is 0.552. The van der Waals surface area contributed by atoms with Gasteiger partial charge in [-0.25, -0.2) is 0 Å². The van der Waals surface area contributed by atoms with E-state index in [0.29, 0.717) is 17.9 Å². The van der Waals surface area contributed by atoms with Gasteiger partial charge in [-0.15, -0.1) is 11.8 Å². The molecule has 0 spiro atoms. The number of amides is 2. The highest BCUT2D eigenvalue weighted by Crippen LogP contribution is 2.38. The van der Waals surface area contributed by atoms with Gasteiger partial charge < -0.3 is 10.2 Å². The Bertz CT molecular complexity index is 1030. The van der Waals surface area contributed by atoms with Crippen molar-refractivity contribution in [3.05, 3.63) is 101 Å². The smallest absolute Gasteiger partial charge is 0.255 e. The van der Waals surface area contributed by atoms with E-state index in [0.717, 1.165) is 24.1 Å². The average molecular weight is 431 g/mol. The first-order chi connectivity index (χ1) is 15.1. The van der Waals surface area contributed by atoms with Gasteiger partial charge in [0.15, 0.2) is 0 Å². The largest absolute Gasteiger partial charge is 0.326 e. The van der Waals surface area contributed by atoms with Gasteiger partial charge in [0.2, 0.25) is 5.91 Å². The number of nitrogens with zero attached hydrogens (tertiary/aromatic N) is 1. The van der Waals surface area contributed by atoms with Gasteiger partial charge >= 0.3 is 0 Å². The first-order valence-corrected chi connectivity index (χ1v) is 11.6. The third kappa shape index (κ3) is 5.17. The highest BCUT2D eigenvalue weighted by Gasteiger charge is 2.32. The van der Waals surface area contributed by atoms with E-state index in [-0.39, 0.29) is 17.2 Å². The second kappa shape index (κ2) is 9.84. The average Bonchev–Trinajstić information content (AvgIpc) is 3.19. The summed E-state index contributed by atoms with van der Waals surface area (Å²) >= 11 is 1.64. The number of carbonyl (C=O) groups excluding carboxylic acids is 2. The zero-order valence-electron chi connectivity index (χ0n) is 17.6. The van der Waals surface area contributed by atoms with Gasteiger partial charge in [-0.1, -0.05) is 61.5 Å². The molecule has 0 aromatic heterocycles. The number of aryl methyl sites for hydroxylation is 1. The molecule has 4 rings (SSSR count). The molecular weight excluding hydrogens is 404 g/mol. The summed E-state index contributed by atoms with van der Waals surface area (Å²) in [5, 5.41) is 2.94. The highest BCUT2D eigenvalue weighted by molar-refractivity contribution is 8.00. The van der Waals surface area contributed by atoms with Crippen molar-refractivity contribution in [2.24, 2.45) is 0 Å². The van der Waals surface area contributed by atoms with Gasteiger partial charge in [0.25, 0.3) is 5.91 Å². The second-order valence-electron chi connectivity index (χ2n) is 7.61. The molecular formula is C26H26N2O2S. The molecule has 1 unspecified atom stereocenters. The highest BCUT2D eigenvalue weighted by atomic mass is 32.2. The summed E-state index contributed by atoms with van der Waals surface area (Å²) in [5.74, 6) is 0.533. The lowest BCUT2D eigenvalue weighted by molar-refractivity contribution is -0.128. The molecule has 4 nitrogen and oxygen atoms in total. The maximum absolute atomic E-state index is 12.6. The van der Waals surface area contributed by atoms with Gasteiger partial charge in [0, 0.05) is 17.8 Å². The van der Waals surface area contributed by atoms with E-state index >= 15 is 0 Å². The second-order valence-corrected chi connectivity index (χ2v) is 8.68. The molecule has 1 aliphatic heterocycles. The molecule has 1 saturated heterocycles. The van der Waals surface area contributed by atoms with Crippen LogP contribution in [0, 0.1) is 0 Å². The van der Waals surface area contributed by atoms with Crippen molar-refractivity contribution in [2.45, 2.75) is 25.1 Å². The molecule has 0 saturated carbocycles. The Kier molecular flexibility index (Phi) is 6.73. The number of hydrogen-bond donors (Lipinski definition) is 1. The van der Waals surface area contributed by atoms with Crippen LogP contribution in [0.5, 0.6) is 0 Å². The van der Waals surface area contributed by atoms with Crippen molar-refractivity contribution in [1.82, 2.24) is 4.90 Å². The van der Waals surface area contributed by atoms with Crippen molar-refractivity contribution in [3.8, 4) is 0 Å². The SMILES string of the molecule is CCc1ccc(NC(=O)c2ccc(C3SCC(=O)N3CCc3ccccc3)cc2)cc1. The van der Waals surface area contributed by atoms with Crippen LogP contribution in [0.4, 0.5) is 5.69 Å². The number of benzene rings is 3. The van der Waals surface area contributed by atoms with Gasteiger partial charge in [-0.2, -0.15) is 0 Å². The normalized spacial score (nSPS) is 15.8. The molecule has 3 aromatic rings. The van der Waals surface area contributed by atoms with E-state index in [1.807, 2.05) is 71.6 Å². The molecule has 5 heteroatoms. The summed E-state index contributed by atoms with van der Waals surface area (Å²) in [6, 6.07) is 25.7. The molecule has 2 amide bonds. The minimum Gasteiger partial charge on any atom is -0.326 e. The molecule has 1 atom stereocenters. The number of carbonyl (C=O) groups is 2. The molecule has 0 bridgehead atoms. The van der Waals surface area contributed by atoms with Crippen LogP contribution in [0.1, 0.15) is 39.3 Å². The zero-order valence-corrected chi connectivity index (χ0v) is 18.4. The maximum atomic E-state index is 12.6. The van der Waals surface area contributed by atoms with Crippen molar-refractivity contribution < 1.29 is 9.59 Å². The Morgan fingerprint density at radius 1 is 0.968 bits per heavy atom. The minimum absolute atomic E-state index is 0.00471. The van der Waals surface area contributed by atoms with Crippen molar-refractivity contribution >= 4 is 29.3 Å². The van der Waals surface area contributed by atoms with Crippen LogP contribution in [0.3, 0.4) is 0 Å². The van der Waals surface area contributed by atoms with E-state index in [9.17, 15) is 9.59 Å². The third-order valence-electron chi connectivity index (χ3n) is 5.53. The van der Waals surface area contributed by atoms with Crippen molar-refractivity contribution in [1.29, 1.82) is 0 Å². The monoisotopic (exact) mass is 430 g/mol. The number of anilines is 1. The first-order valence-electron chi connectivity index (χ1n) is 10.6. The van der Waals surface area contributed by atoms with E-state index in [4.69, 9.17) is 0 Å². The molecule has 1 aliphatic rings. The number of rotatable bonds is 7. The zero-order chi connectivity index (χ0) is 21.6. The first kappa shape index (κ1) is 21.2. The predicted octanol–water partition coefficient (Wildman–Crippen LogP) is 5.32. The number of hydrogen-bond acceptors (Lipinski definition) is 3. The molecule has 1 N–H and O–H groups in total. The Labute approximate surface area is 187 Å². The summed E-state index contributed by atoms with van der Waals surface area (Å²) in [6.45, 7) is 2.80. The summed E-state index contributed by atoms with van der Waals surface area (Å²) in [7, 11) is 0. The predicted molar refractivity (Wildman–Crippen MR) is 127 cm³/mol. The van der Waals surface area contributed by atoms with Crippen LogP contribution >= 0.6 is 11.8 Å². The van der Waals surface area contributed by atoms with Crippen LogP contribution in [-0.2, 0) is 17.6 Å². The van der Waals surface area contributed by atoms with Crippen LogP contribution in [0.25, 0.3) is 0 Å². The van der Waals surface area contributed by atoms with E-state index in [2.05, 4.69) is 24.4 Å². The minimum atomic E-state index is -0.133. The fourth-order valence-corrected chi connectivity index (χ4v) is 4.91. The molecule has 0 aliphatic carbocycles. The van der Waals surface area contributed by atoms with Gasteiger partial charge in [-0.05, 0) is 53.8 Å². The van der Waals surface area contributed by atoms with Gasteiger partial charge in [0.1, 0.15) is 5.37 Å². The Morgan fingerprint density at radius 3 is 2.35 bits per heavy atom. The molecule has 158 valence electrons. The fraction of sp³-hybridized carbons (Fsp3) is 0.231. The fourth-order valence-electron chi connectivity index (χ4n) is 3.69. The molecule has 1 heterocycles. The van der Waals surface area contributed by atoms with Crippen molar-refractivity contribution in [2.75, 3.05) is 17.6 Å². The van der Waals surface area contributed by atoms with Crippen molar-refractivity contribution in [3.63, 3.8) is 0 Å². The third-order valence-corrected chi connectivity index (χ3v) is 6.79. The van der Waals surface area contributed by atoms with E-state index in [1.54, 1.807) is 11.8 Å². The van der Waals surface area contributed by atoms with Gasteiger partial charge in [0.05, 0.1) is 5.75 Å². The molecule has 3 aromatic carbocycles. The summed E-state index contributed by atoms with van der Waals surface area (Å²) < 4.78 is 0. The van der Waals surface area contributed by atoms with Crippen LogP contribution in [-0.4, -0.2) is 29.0 Å². The lowest BCUT2D eigenvalue weighted by Crippen LogP contribution is -2.30. The summed E-state index contributed by atoms with van der Waals surface area (Å²) in [6.07, 6.45) is 1.81. The van der Waals surface area contributed by atoms with Crippen LogP contribution in [0.15, 0.2) is 78.9 Å². The molecule has 0 radical (unpaired) electrons. The van der Waals surface area contributed by atoms with E-state index in [1.165, 1.54) is 11.1 Å². The number of nitrogens with one attached hydrogen (secondary N) is 1. The standard InChI is InChI=1S/C26H26N2O2S/c1-2-19-8-14-23(15-9-19)27-25(30)21-10-12-22(13-11-21)26-28(24(29)18-31-26)17-16-20-6-4-3-5-7-20/h3-15,26H,2,16-18H2,1H3,(H,27,30). The Morgan fingerprint density at radius 2 is 1.68 bits per heavy atom. The summed E-state index contributed by atoms with van der Waals surface area (Å²) in [4.78, 5) is 27.0. The van der Waals surface area contributed by atoms with Gasteiger partial charge in [-0.3, -0.25) is 9.59 Å². The van der Waals surface area contributed by atoms with Crippen LogP contribution < -0.4 is 5.32 Å². The van der Waals surface area contributed by atoms with Crippen LogP contribution in [0.2, 0.25) is 0 Å².